The quantitative estimate of drug-likeness (QED) is 0.671. The minimum absolute atomic E-state index is 0.265. The number of rotatable bonds is 5. The molecule has 0 saturated heterocycles. The summed E-state index contributed by atoms with van der Waals surface area (Å²) in [6, 6.07) is 14.7. The summed E-state index contributed by atoms with van der Waals surface area (Å²) in [5, 5.41) is 2.61. The number of hydrogen-bond acceptors (Lipinski definition) is 5. The lowest BCUT2D eigenvalue weighted by atomic mass is 10.2. The molecule has 1 aliphatic heterocycles. The molecule has 1 amide bonds. The van der Waals surface area contributed by atoms with E-state index in [0.717, 1.165) is 18.7 Å². The molecular weight excluding hydrogens is 371 g/mol. The molecule has 1 aromatic heterocycles. The van der Waals surface area contributed by atoms with Crippen LogP contribution < -0.4 is 15.0 Å². The van der Waals surface area contributed by atoms with Gasteiger partial charge in [-0.25, -0.2) is 14.4 Å². The van der Waals surface area contributed by atoms with Crippen LogP contribution >= 0.6 is 0 Å². The monoisotopic (exact) mass is 390 g/mol. The van der Waals surface area contributed by atoms with E-state index < -0.39 is 0 Å². The molecule has 0 atom stereocenters. The van der Waals surface area contributed by atoms with Gasteiger partial charge in [-0.1, -0.05) is 12.2 Å². The van der Waals surface area contributed by atoms with E-state index in [1.54, 1.807) is 37.4 Å². The molecule has 0 spiro atoms. The molecule has 0 saturated carbocycles. The molecular formula is C22H19FN4O2. The van der Waals surface area contributed by atoms with Crippen molar-refractivity contribution in [3.05, 3.63) is 78.3 Å². The van der Waals surface area contributed by atoms with Crippen LogP contribution in [0.2, 0.25) is 0 Å². The van der Waals surface area contributed by atoms with Crippen LogP contribution in [0, 0.1) is 5.82 Å². The Morgan fingerprint density at radius 2 is 1.62 bits per heavy atom. The van der Waals surface area contributed by atoms with Gasteiger partial charge in [-0.15, -0.1) is 0 Å². The number of nitrogens with one attached hydrogen (secondary N) is 1. The van der Waals surface area contributed by atoms with Crippen LogP contribution in [0.4, 0.5) is 10.2 Å². The zero-order valence-electron chi connectivity index (χ0n) is 15.8. The molecule has 0 fully saturated rings. The van der Waals surface area contributed by atoms with Gasteiger partial charge in [0.2, 0.25) is 0 Å². The zero-order valence-corrected chi connectivity index (χ0v) is 15.8. The normalized spacial score (nSPS) is 12.8. The molecule has 1 aliphatic rings. The highest BCUT2D eigenvalue weighted by atomic mass is 19.1. The predicted octanol–water partition coefficient (Wildman–Crippen LogP) is 3.81. The van der Waals surface area contributed by atoms with Crippen molar-refractivity contribution < 1.29 is 13.9 Å². The summed E-state index contributed by atoms with van der Waals surface area (Å²) in [7, 11) is 1.57. The van der Waals surface area contributed by atoms with Gasteiger partial charge >= 0.3 is 0 Å². The molecule has 29 heavy (non-hydrogen) atoms. The molecule has 7 heteroatoms. The van der Waals surface area contributed by atoms with Crippen molar-refractivity contribution in [3.63, 3.8) is 0 Å². The Hall–Kier alpha value is -3.74. The summed E-state index contributed by atoms with van der Waals surface area (Å²) < 4.78 is 18.7. The number of carbonyl (C=O) groups is 1. The standard InChI is InChI=1S/C22H19FN4O2/c1-24-22(28)19-14-20(27-12-2-3-13-27)26-21(25-19)15-4-8-17(9-5-15)29-18-10-6-16(23)7-11-18/h2-11,14H,12-13H2,1H3,(H,24,28). The van der Waals surface area contributed by atoms with Crippen LogP contribution in [0.15, 0.2) is 66.7 Å². The molecule has 2 aromatic carbocycles. The average Bonchev–Trinajstić information content (AvgIpc) is 3.30. The number of benzene rings is 2. The van der Waals surface area contributed by atoms with Crippen molar-refractivity contribution in [2.24, 2.45) is 0 Å². The number of anilines is 1. The van der Waals surface area contributed by atoms with Gasteiger partial charge < -0.3 is 15.0 Å². The topological polar surface area (TPSA) is 67.4 Å². The summed E-state index contributed by atoms with van der Waals surface area (Å²) in [6.07, 6.45) is 4.12. The maximum atomic E-state index is 13.0. The first-order chi connectivity index (χ1) is 14.1. The van der Waals surface area contributed by atoms with Crippen LogP contribution in [0.1, 0.15) is 10.5 Å². The smallest absolute Gasteiger partial charge is 0.269 e. The molecule has 4 rings (SSSR count). The Morgan fingerprint density at radius 3 is 2.24 bits per heavy atom. The van der Waals surface area contributed by atoms with Crippen molar-refractivity contribution >= 4 is 11.7 Å². The summed E-state index contributed by atoms with van der Waals surface area (Å²) >= 11 is 0. The molecule has 0 radical (unpaired) electrons. The van der Waals surface area contributed by atoms with Gasteiger partial charge in [-0.3, -0.25) is 4.79 Å². The molecule has 1 N–H and O–H groups in total. The number of halogens is 1. The second-order valence-corrected chi connectivity index (χ2v) is 6.47. The van der Waals surface area contributed by atoms with Crippen LogP contribution in [0.5, 0.6) is 11.5 Å². The SMILES string of the molecule is CNC(=O)c1cc(N2CC=CC2)nc(-c2ccc(Oc3ccc(F)cc3)cc2)n1. The molecule has 2 heterocycles. The van der Waals surface area contributed by atoms with Crippen molar-refractivity contribution in [1.82, 2.24) is 15.3 Å². The van der Waals surface area contributed by atoms with Crippen molar-refractivity contribution in [1.29, 1.82) is 0 Å². The van der Waals surface area contributed by atoms with E-state index in [0.29, 0.717) is 28.8 Å². The Morgan fingerprint density at radius 1 is 1.00 bits per heavy atom. The Balaban J connectivity index is 1.61. The molecule has 3 aromatic rings. The average molecular weight is 390 g/mol. The van der Waals surface area contributed by atoms with E-state index in [1.807, 2.05) is 12.1 Å². The van der Waals surface area contributed by atoms with E-state index in [9.17, 15) is 9.18 Å². The van der Waals surface area contributed by atoms with Crippen LogP contribution in [0.3, 0.4) is 0 Å². The molecule has 146 valence electrons. The van der Waals surface area contributed by atoms with E-state index in [2.05, 4.69) is 32.3 Å². The van der Waals surface area contributed by atoms with Crippen LogP contribution in [0.25, 0.3) is 11.4 Å². The maximum Gasteiger partial charge on any atom is 0.269 e. The lowest BCUT2D eigenvalue weighted by Gasteiger charge is -2.18. The van der Waals surface area contributed by atoms with Crippen LogP contribution in [-0.4, -0.2) is 36.0 Å². The largest absolute Gasteiger partial charge is 0.457 e. The highest BCUT2D eigenvalue weighted by molar-refractivity contribution is 5.93. The third-order valence-electron chi connectivity index (χ3n) is 4.48. The van der Waals surface area contributed by atoms with Gasteiger partial charge in [0.25, 0.3) is 5.91 Å². The fraction of sp³-hybridized carbons (Fsp3) is 0.136. The lowest BCUT2D eigenvalue weighted by molar-refractivity contribution is 0.0958. The number of nitrogens with zero attached hydrogens (tertiary/aromatic N) is 3. The van der Waals surface area contributed by atoms with Crippen LogP contribution in [-0.2, 0) is 0 Å². The number of amides is 1. The minimum Gasteiger partial charge on any atom is -0.457 e. The molecule has 0 aliphatic carbocycles. The first kappa shape index (κ1) is 18.6. The summed E-state index contributed by atoms with van der Waals surface area (Å²) in [5.74, 6) is 1.72. The van der Waals surface area contributed by atoms with Gasteiger partial charge in [0.15, 0.2) is 5.82 Å². The van der Waals surface area contributed by atoms with Crippen molar-refractivity contribution in [2.45, 2.75) is 0 Å². The van der Waals surface area contributed by atoms with Crippen molar-refractivity contribution in [3.8, 4) is 22.9 Å². The minimum atomic E-state index is -0.315. The van der Waals surface area contributed by atoms with Gasteiger partial charge in [0, 0.05) is 31.8 Å². The second kappa shape index (κ2) is 8.10. The van der Waals surface area contributed by atoms with Gasteiger partial charge in [0.05, 0.1) is 0 Å². The molecule has 0 bridgehead atoms. The van der Waals surface area contributed by atoms with E-state index in [1.165, 1.54) is 12.1 Å². The summed E-state index contributed by atoms with van der Waals surface area (Å²) in [6.45, 7) is 1.49. The van der Waals surface area contributed by atoms with Gasteiger partial charge in [0.1, 0.15) is 28.8 Å². The summed E-state index contributed by atoms with van der Waals surface area (Å²) in [4.78, 5) is 23.3. The second-order valence-electron chi connectivity index (χ2n) is 6.47. The zero-order chi connectivity index (χ0) is 20.2. The predicted molar refractivity (Wildman–Crippen MR) is 109 cm³/mol. The highest BCUT2D eigenvalue weighted by Gasteiger charge is 2.16. The maximum absolute atomic E-state index is 13.0. The Bertz CT molecular complexity index is 1040. The Kier molecular flexibility index (Phi) is 5.20. The molecule has 6 nitrogen and oxygen atoms in total. The highest BCUT2D eigenvalue weighted by Crippen LogP contribution is 2.26. The van der Waals surface area contributed by atoms with E-state index >= 15 is 0 Å². The first-order valence-corrected chi connectivity index (χ1v) is 9.17. The first-order valence-electron chi connectivity index (χ1n) is 9.17. The van der Waals surface area contributed by atoms with E-state index in [-0.39, 0.29) is 11.7 Å². The van der Waals surface area contributed by atoms with Crippen molar-refractivity contribution in [2.75, 3.05) is 25.0 Å². The van der Waals surface area contributed by atoms with Gasteiger partial charge in [-0.05, 0) is 48.5 Å². The number of hydrogen-bond donors (Lipinski definition) is 1. The van der Waals surface area contributed by atoms with Gasteiger partial charge in [-0.2, -0.15) is 0 Å². The third-order valence-corrected chi connectivity index (χ3v) is 4.48. The Labute approximate surface area is 167 Å². The fourth-order valence-electron chi connectivity index (χ4n) is 2.95. The summed E-state index contributed by atoms with van der Waals surface area (Å²) in [5.41, 5.74) is 1.07. The third kappa shape index (κ3) is 4.24. The molecule has 0 unspecified atom stereocenters. The number of ether oxygens (including phenoxy) is 1. The fourth-order valence-corrected chi connectivity index (χ4v) is 2.95. The number of carbonyl (C=O) groups excluding carboxylic acids is 1. The van der Waals surface area contributed by atoms with E-state index in [4.69, 9.17) is 4.74 Å². The number of aromatic nitrogens is 2. The lowest BCUT2D eigenvalue weighted by Crippen LogP contribution is -2.24.